The van der Waals surface area contributed by atoms with Crippen LogP contribution in [0, 0.1) is 5.82 Å². The summed E-state index contributed by atoms with van der Waals surface area (Å²) in [4.78, 5) is 0. The quantitative estimate of drug-likeness (QED) is 0.656. The molecule has 1 aliphatic rings. The van der Waals surface area contributed by atoms with E-state index in [1.165, 1.54) is 24.3 Å². The topological polar surface area (TPSA) is 47.3 Å². The van der Waals surface area contributed by atoms with Gasteiger partial charge in [0.2, 0.25) is 0 Å². The number of rotatable bonds is 5. The molecule has 0 saturated heterocycles. The second kappa shape index (κ2) is 5.84. The monoisotopic (exact) mass is 286 g/mol. The van der Waals surface area contributed by atoms with Crippen LogP contribution >= 0.6 is 0 Å². The number of fused-ring (bicyclic) bond motifs is 1. The number of nitrogens with one attached hydrogen (secondary N) is 1. The highest BCUT2D eigenvalue weighted by Crippen LogP contribution is 2.38. The van der Waals surface area contributed by atoms with Crippen LogP contribution < -0.4 is 16.0 Å². The van der Waals surface area contributed by atoms with Crippen molar-refractivity contribution in [3.8, 4) is 5.75 Å². The fraction of sp³-hybridized carbons (Fsp3) is 0.294. The summed E-state index contributed by atoms with van der Waals surface area (Å²) in [5.41, 5.74) is 6.53. The van der Waals surface area contributed by atoms with Crippen molar-refractivity contribution < 1.29 is 9.13 Å². The molecule has 0 amide bonds. The highest BCUT2D eigenvalue weighted by Gasteiger charge is 2.32. The highest BCUT2D eigenvalue weighted by molar-refractivity contribution is 5.42. The van der Waals surface area contributed by atoms with E-state index in [9.17, 15) is 4.39 Å². The molecule has 3 nitrogen and oxygen atoms in total. The zero-order valence-corrected chi connectivity index (χ0v) is 12.0. The van der Waals surface area contributed by atoms with E-state index < -0.39 is 0 Å². The van der Waals surface area contributed by atoms with Crippen molar-refractivity contribution in [1.29, 1.82) is 0 Å². The Morgan fingerprint density at radius 2 is 2.14 bits per heavy atom. The third-order valence-corrected chi connectivity index (χ3v) is 4.27. The zero-order chi connectivity index (χ0) is 14.8. The van der Waals surface area contributed by atoms with Crippen LogP contribution in [0.4, 0.5) is 4.39 Å². The molecule has 2 aromatic rings. The van der Waals surface area contributed by atoms with Gasteiger partial charge in [0.05, 0.1) is 7.11 Å². The van der Waals surface area contributed by atoms with Crippen molar-refractivity contribution in [2.75, 3.05) is 7.11 Å². The smallest absolute Gasteiger partial charge is 0.165 e. The number of benzene rings is 2. The van der Waals surface area contributed by atoms with E-state index in [0.29, 0.717) is 12.3 Å². The highest BCUT2D eigenvalue weighted by atomic mass is 19.1. The number of ether oxygens (including phenoxy) is 1. The third kappa shape index (κ3) is 2.64. The van der Waals surface area contributed by atoms with Crippen molar-refractivity contribution in [2.24, 2.45) is 5.84 Å². The Labute approximate surface area is 123 Å². The van der Waals surface area contributed by atoms with Crippen LogP contribution in [0.25, 0.3) is 0 Å². The summed E-state index contributed by atoms with van der Waals surface area (Å²) in [6, 6.07) is 13.6. The molecule has 0 fully saturated rings. The van der Waals surface area contributed by atoms with E-state index in [1.54, 1.807) is 6.07 Å². The molecule has 0 radical (unpaired) electrons. The predicted octanol–water partition coefficient (Wildman–Crippen LogP) is 2.55. The maximum absolute atomic E-state index is 13.8. The summed E-state index contributed by atoms with van der Waals surface area (Å²) in [6.07, 6.45) is 1.71. The molecule has 4 heteroatoms. The lowest BCUT2D eigenvalue weighted by Gasteiger charge is -2.36. The van der Waals surface area contributed by atoms with Crippen LogP contribution in [0.15, 0.2) is 42.5 Å². The van der Waals surface area contributed by atoms with Crippen molar-refractivity contribution in [3.05, 3.63) is 65.0 Å². The minimum absolute atomic E-state index is 0.104. The summed E-state index contributed by atoms with van der Waals surface area (Å²) in [7, 11) is 1.47. The second-order valence-corrected chi connectivity index (χ2v) is 5.46. The first kappa shape index (κ1) is 14.0. The Balaban J connectivity index is 1.76. The van der Waals surface area contributed by atoms with Crippen LogP contribution in [0.3, 0.4) is 0 Å². The van der Waals surface area contributed by atoms with E-state index in [1.807, 2.05) is 12.1 Å². The summed E-state index contributed by atoms with van der Waals surface area (Å²) in [6.45, 7) is 0. The van der Waals surface area contributed by atoms with Gasteiger partial charge < -0.3 is 4.74 Å². The Kier molecular flexibility index (Phi) is 3.90. The maximum atomic E-state index is 13.8. The second-order valence-electron chi connectivity index (χ2n) is 5.46. The Hall–Kier alpha value is -1.91. The van der Waals surface area contributed by atoms with Gasteiger partial charge in [0.1, 0.15) is 0 Å². The molecule has 0 aliphatic heterocycles. The number of hydrogen-bond donors (Lipinski definition) is 2. The molecule has 0 aromatic heterocycles. The van der Waals surface area contributed by atoms with Gasteiger partial charge in [-0.2, -0.15) is 0 Å². The van der Waals surface area contributed by atoms with E-state index in [0.717, 1.165) is 12.0 Å². The fourth-order valence-electron chi connectivity index (χ4n) is 3.06. The molecule has 0 heterocycles. The van der Waals surface area contributed by atoms with Gasteiger partial charge in [-0.1, -0.05) is 30.3 Å². The standard InChI is InChI=1S/C17H19FN2O/c1-21-17-7-6-11(8-15(17)18)9-16(20-19)14-10-12-4-2-3-5-13(12)14/h2-8,14,16,20H,9-10,19H2,1H3. The average molecular weight is 286 g/mol. The van der Waals surface area contributed by atoms with Gasteiger partial charge in [-0.15, -0.1) is 0 Å². The number of methoxy groups -OCH3 is 1. The fourth-order valence-corrected chi connectivity index (χ4v) is 3.06. The van der Waals surface area contributed by atoms with Gasteiger partial charge in [0, 0.05) is 12.0 Å². The maximum Gasteiger partial charge on any atom is 0.165 e. The van der Waals surface area contributed by atoms with Gasteiger partial charge in [-0.05, 0) is 41.7 Å². The lowest BCUT2D eigenvalue weighted by Crippen LogP contribution is -2.45. The third-order valence-electron chi connectivity index (χ3n) is 4.27. The van der Waals surface area contributed by atoms with Gasteiger partial charge >= 0.3 is 0 Å². The van der Waals surface area contributed by atoms with E-state index in [4.69, 9.17) is 10.6 Å². The Morgan fingerprint density at radius 1 is 1.33 bits per heavy atom. The molecule has 2 aromatic carbocycles. The molecular weight excluding hydrogens is 267 g/mol. The average Bonchev–Trinajstić information content (AvgIpc) is 2.47. The van der Waals surface area contributed by atoms with Crippen LogP contribution in [0.2, 0.25) is 0 Å². The largest absolute Gasteiger partial charge is 0.494 e. The van der Waals surface area contributed by atoms with Crippen LogP contribution in [-0.2, 0) is 12.8 Å². The van der Waals surface area contributed by atoms with Crippen LogP contribution in [0.1, 0.15) is 22.6 Å². The van der Waals surface area contributed by atoms with Crippen LogP contribution in [-0.4, -0.2) is 13.2 Å². The number of hydrogen-bond acceptors (Lipinski definition) is 3. The molecule has 0 bridgehead atoms. The van der Waals surface area contributed by atoms with E-state index in [2.05, 4.69) is 23.6 Å². The number of hydrazine groups is 1. The molecule has 0 spiro atoms. The molecule has 3 rings (SSSR count). The van der Waals surface area contributed by atoms with E-state index >= 15 is 0 Å². The minimum atomic E-state index is -0.334. The molecule has 0 saturated carbocycles. The van der Waals surface area contributed by atoms with Crippen molar-refractivity contribution in [1.82, 2.24) is 5.43 Å². The molecule has 2 unspecified atom stereocenters. The molecule has 110 valence electrons. The molecular formula is C17H19FN2O. The molecule has 3 N–H and O–H groups in total. The zero-order valence-electron chi connectivity index (χ0n) is 12.0. The minimum Gasteiger partial charge on any atom is -0.494 e. The molecule has 21 heavy (non-hydrogen) atoms. The summed E-state index contributed by atoms with van der Waals surface area (Å²) in [5.74, 6) is 6.03. The predicted molar refractivity (Wildman–Crippen MR) is 80.7 cm³/mol. The van der Waals surface area contributed by atoms with Gasteiger partial charge in [-0.25, -0.2) is 4.39 Å². The van der Waals surface area contributed by atoms with Gasteiger partial charge in [-0.3, -0.25) is 11.3 Å². The van der Waals surface area contributed by atoms with Crippen molar-refractivity contribution in [2.45, 2.75) is 24.8 Å². The van der Waals surface area contributed by atoms with Crippen molar-refractivity contribution in [3.63, 3.8) is 0 Å². The Bertz CT molecular complexity index is 644. The first-order valence-electron chi connectivity index (χ1n) is 7.09. The SMILES string of the molecule is COc1ccc(CC(NN)C2Cc3ccccc32)cc1F. The summed E-state index contributed by atoms with van der Waals surface area (Å²) >= 11 is 0. The summed E-state index contributed by atoms with van der Waals surface area (Å²) in [5, 5.41) is 0. The molecule has 2 atom stereocenters. The van der Waals surface area contributed by atoms with Crippen molar-refractivity contribution >= 4 is 0 Å². The first-order valence-corrected chi connectivity index (χ1v) is 7.09. The first-order chi connectivity index (χ1) is 10.2. The lowest BCUT2D eigenvalue weighted by atomic mass is 9.72. The lowest BCUT2D eigenvalue weighted by molar-refractivity contribution is 0.383. The number of nitrogens with two attached hydrogens (primary N) is 1. The van der Waals surface area contributed by atoms with Gasteiger partial charge in [0.15, 0.2) is 11.6 Å². The van der Waals surface area contributed by atoms with Crippen LogP contribution in [0.5, 0.6) is 5.75 Å². The summed E-state index contributed by atoms with van der Waals surface area (Å²) < 4.78 is 18.7. The Morgan fingerprint density at radius 3 is 2.81 bits per heavy atom. The molecule has 1 aliphatic carbocycles. The van der Waals surface area contributed by atoms with Gasteiger partial charge in [0.25, 0.3) is 0 Å². The number of halogens is 1. The van der Waals surface area contributed by atoms with E-state index in [-0.39, 0.29) is 17.6 Å². The normalized spacial score (nSPS) is 17.8.